The van der Waals surface area contributed by atoms with Crippen LogP contribution in [0.5, 0.6) is 0 Å². The summed E-state index contributed by atoms with van der Waals surface area (Å²) in [5, 5.41) is 13.1. The number of aromatic amines is 1. The Morgan fingerprint density at radius 1 is 1.19 bits per heavy atom. The van der Waals surface area contributed by atoms with Crippen LogP contribution in [0.25, 0.3) is 10.9 Å². The fraction of sp³-hybridized carbons (Fsp3) is 0.0625. The second-order valence-corrected chi connectivity index (χ2v) is 4.75. The second-order valence-electron chi connectivity index (χ2n) is 4.75. The summed E-state index contributed by atoms with van der Waals surface area (Å²) in [7, 11) is 0. The molecular weight excluding hydrogens is 271 g/mol. The number of nitrogens with one attached hydrogen (secondary N) is 2. The van der Waals surface area contributed by atoms with Crippen molar-refractivity contribution in [3.63, 3.8) is 0 Å². The summed E-state index contributed by atoms with van der Waals surface area (Å²) < 4.78 is 13.3. The number of aromatic carboxylic acids is 1. The summed E-state index contributed by atoms with van der Waals surface area (Å²) in [5.41, 5.74) is 2.36. The topological polar surface area (TPSA) is 65.1 Å². The lowest BCUT2D eigenvalue weighted by atomic mass is 10.1. The van der Waals surface area contributed by atoms with Gasteiger partial charge in [-0.2, -0.15) is 0 Å². The number of H-pyrrole nitrogens is 1. The van der Waals surface area contributed by atoms with E-state index in [-0.39, 0.29) is 5.56 Å². The molecule has 0 saturated carbocycles. The quantitative estimate of drug-likeness (QED) is 0.685. The molecular formula is C16H13FN2O2. The van der Waals surface area contributed by atoms with Gasteiger partial charge in [0.15, 0.2) is 0 Å². The molecule has 0 bridgehead atoms. The molecule has 106 valence electrons. The maximum atomic E-state index is 13.3. The molecule has 2 aromatic carbocycles. The SMILES string of the molecule is O=C(O)c1cc(NCc2ccc3[nH]ccc3c2)ccc1F. The van der Waals surface area contributed by atoms with Crippen molar-refractivity contribution >= 4 is 22.6 Å². The van der Waals surface area contributed by atoms with Gasteiger partial charge in [0.1, 0.15) is 5.82 Å². The lowest BCUT2D eigenvalue weighted by Crippen LogP contribution is -2.04. The zero-order valence-electron chi connectivity index (χ0n) is 11.1. The third kappa shape index (κ3) is 2.72. The number of rotatable bonds is 4. The number of aromatic nitrogens is 1. The summed E-state index contributed by atoms with van der Waals surface area (Å²) in [5.74, 6) is -2.01. The molecule has 3 aromatic rings. The van der Waals surface area contributed by atoms with Gasteiger partial charge in [-0.1, -0.05) is 6.07 Å². The molecule has 21 heavy (non-hydrogen) atoms. The monoisotopic (exact) mass is 284 g/mol. The third-order valence-electron chi connectivity index (χ3n) is 3.31. The fourth-order valence-corrected chi connectivity index (χ4v) is 2.22. The molecule has 0 saturated heterocycles. The van der Waals surface area contributed by atoms with E-state index in [1.54, 1.807) is 0 Å². The van der Waals surface area contributed by atoms with Gasteiger partial charge in [0, 0.05) is 23.9 Å². The van der Waals surface area contributed by atoms with Crippen molar-refractivity contribution in [2.24, 2.45) is 0 Å². The second kappa shape index (κ2) is 5.28. The molecule has 0 spiro atoms. The first-order valence-electron chi connectivity index (χ1n) is 6.46. The number of hydrogen-bond donors (Lipinski definition) is 3. The van der Waals surface area contributed by atoms with Crippen molar-refractivity contribution in [1.82, 2.24) is 4.98 Å². The predicted octanol–water partition coefficient (Wildman–Crippen LogP) is 3.62. The number of anilines is 1. The van der Waals surface area contributed by atoms with Gasteiger partial charge in [0.25, 0.3) is 0 Å². The van der Waals surface area contributed by atoms with Crippen molar-refractivity contribution in [2.45, 2.75) is 6.54 Å². The highest BCUT2D eigenvalue weighted by atomic mass is 19.1. The minimum atomic E-state index is -1.27. The molecule has 5 heteroatoms. The predicted molar refractivity (Wildman–Crippen MR) is 79.0 cm³/mol. The Kier molecular flexibility index (Phi) is 3.31. The van der Waals surface area contributed by atoms with Crippen LogP contribution >= 0.6 is 0 Å². The Bertz CT molecular complexity index is 811. The Morgan fingerprint density at radius 2 is 2.05 bits per heavy atom. The van der Waals surface area contributed by atoms with Gasteiger partial charge in [-0.15, -0.1) is 0 Å². The normalized spacial score (nSPS) is 10.7. The van der Waals surface area contributed by atoms with Gasteiger partial charge in [0.05, 0.1) is 5.56 Å². The van der Waals surface area contributed by atoms with E-state index in [9.17, 15) is 9.18 Å². The molecule has 0 aliphatic carbocycles. The van der Waals surface area contributed by atoms with E-state index in [4.69, 9.17) is 5.11 Å². The van der Waals surface area contributed by atoms with E-state index in [1.165, 1.54) is 12.1 Å². The van der Waals surface area contributed by atoms with Crippen LogP contribution < -0.4 is 5.32 Å². The maximum absolute atomic E-state index is 13.3. The number of benzene rings is 2. The van der Waals surface area contributed by atoms with Crippen molar-refractivity contribution in [2.75, 3.05) is 5.32 Å². The molecule has 0 amide bonds. The molecule has 3 rings (SSSR count). The van der Waals surface area contributed by atoms with Crippen LogP contribution in [-0.2, 0) is 6.54 Å². The number of fused-ring (bicyclic) bond motifs is 1. The van der Waals surface area contributed by atoms with Gasteiger partial charge in [-0.05, 0) is 47.3 Å². The molecule has 3 N–H and O–H groups in total. The first-order valence-corrected chi connectivity index (χ1v) is 6.46. The van der Waals surface area contributed by atoms with Crippen LogP contribution in [0, 0.1) is 5.82 Å². The molecule has 0 atom stereocenters. The van der Waals surface area contributed by atoms with Crippen molar-refractivity contribution < 1.29 is 14.3 Å². The molecule has 0 aliphatic heterocycles. The van der Waals surface area contributed by atoms with Gasteiger partial charge in [-0.25, -0.2) is 9.18 Å². The van der Waals surface area contributed by atoms with E-state index in [0.29, 0.717) is 12.2 Å². The fourth-order valence-electron chi connectivity index (χ4n) is 2.22. The molecule has 4 nitrogen and oxygen atoms in total. The molecule has 1 heterocycles. The Hall–Kier alpha value is -2.82. The van der Waals surface area contributed by atoms with Crippen molar-refractivity contribution in [3.05, 3.63) is 65.6 Å². The van der Waals surface area contributed by atoms with Crippen LogP contribution in [0.15, 0.2) is 48.7 Å². The van der Waals surface area contributed by atoms with Crippen molar-refractivity contribution in [1.29, 1.82) is 0 Å². The van der Waals surface area contributed by atoms with Crippen LogP contribution in [0.3, 0.4) is 0 Å². The first kappa shape index (κ1) is 13.2. The minimum absolute atomic E-state index is 0.332. The van der Waals surface area contributed by atoms with Crippen LogP contribution in [0.2, 0.25) is 0 Å². The molecule has 0 radical (unpaired) electrons. The van der Waals surface area contributed by atoms with Crippen LogP contribution in [0.4, 0.5) is 10.1 Å². The summed E-state index contributed by atoms with van der Waals surface area (Å²) in [6.45, 7) is 0.534. The molecule has 0 unspecified atom stereocenters. The van der Waals surface area contributed by atoms with E-state index in [0.717, 1.165) is 22.5 Å². The number of hydrogen-bond acceptors (Lipinski definition) is 2. The highest BCUT2D eigenvalue weighted by molar-refractivity contribution is 5.89. The average Bonchev–Trinajstić information content (AvgIpc) is 2.93. The van der Waals surface area contributed by atoms with Crippen LogP contribution in [-0.4, -0.2) is 16.1 Å². The minimum Gasteiger partial charge on any atom is -0.478 e. The molecule has 0 aliphatic rings. The number of carboxylic acids is 1. The third-order valence-corrected chi connectivity index (χ3v) is 3.31. The molecule has 1 aromatic heterocycles. The Morgan fingerprint density at radius 3 is 2.86 bits per heavy atom. The summed E-state index contributed by atoms with van der Waals surface area (Å²) in [6, 6.07) is 12.0. The first-order chi connectivity index (χ1) is 10.1. The van der Waals surface area contributed by atoms with Gasteiger partial charge in [0.2, 0.25) is 0 Å². The summed E-state index contributed by atoms with van der Waals surface area (Å²) in [4.78, 5) is 14.0. The number of carboxylic acid groups (broad SMARTS) is 1. The smallest absolute Gasteiger partial charge is 0.338 e. The number of carbonyl (C=O) groups is 1. The van der Waals surface area contributed by atoms with Gasteiger partial charge < -0.3 is 15.4 Å². The maximum Gasteiger partial charge on any atom is 0.338 e. The van der Waals surface area contributed by atoms with Crippen molar-refractivity contribution in [3.8, 4) is 0 Å². The zero-order chi connectivity index (χ0) is 14.8. The zero-order valence-corrected chi connectivity index (χ0v) is 11.1. The van der Waals surface area contributed by atoms with E-state index in [2.05, 4.69) is 10.3 Å². The summed E-state index contributed by atoms with van der Waals surface area (Å²) >= 11 is 0. The number of halogens is 1. The van der Waals surface area contributed by atoms with E-state index in [1.807, 2.05) is 30.5 Å². The lowest BCUT2D eigenvalue weighted by Gasteiger charge is -2.08. The van der Waals surface area contributed by atoms with Gasteiger partial charge in [-0.3, -0.25) is 0 Å². The highest BCUT2D eigenvalue weighted by Crippen LogP contribution is 2.18. The summed E-state index contributed by atoms with van der Waals surface area (Å²) in [6.07, 6.45) is 1.88. The lowest BCUT2D eigenvalue weighted by molar-refractivity contribution is 0.0692. The highest BCUT2D eigenvalue weighted by Gasteiger charge is 2.10. The molecule has 0 fully saturated rings. The van der Waals surface area contributed by atoms with E-state index < -0.39 is 11.8 Å². The largest absolute Gasteiger partial charge is 0.478 e. The van der Waals surface area contributed by atoms with E-state index >= 15 is 0 Å². The average molecular weight is 284 g/mol. The van der Waals surface area contributed by atoms with Gasteiger partial charge >= 0.3 is 5.97 Å². The Balaban J connectivity index is 1.77. The Labute approximate surface area is 120 Å². The van der Waals surface area contributed by atoms with Crippen LogP contribution in [0.1, 0.15) is 15.9 Å². The standard InChI is InChI=1S/C16H13FN2O2/c17-14-3-2-12(8-13(14)16(20)21)19-9-10-1-4-15-11(7-10)5-6-18-15/h1-8,18-19H,9H2,(H,20,21).